The number of hydrogen-bond donors (Lipinski definition) is 1. The van der Waals surface area contributed by atoms with Gasteiger partial charge < -0.3 is 15.0 Å². The Bertz CT molecular complexity index is 488. The van der Waals surface area contributed by atoms with Crippen LogP contribution in [0.4, 0.5) is 0 Å². The van der Waals surface area contributed by atoms with Gasteiger partial charge in [0, 0.05) is 39.3 Å². The van der Waals surface area contributed by atoms with Gasteiger partial charge in [0.15, 0.2) is 0 Å². The number of nitrogens with zero attached hydrogens (tertiary/aromatic N) is 3. The first-order valence-corrected chi connectivity index (χ1v) is 9.95. The predicted molar refractivity (Wildman–Crippen MR) is 104 cm³/mol. The smallest absolute Gasteiger partial charge is 0.328 e. The number of piperazine rings is 1. The number of rotatable bonds is 10. The summed E-state index contributed by atoms with van der Waals surface area (Å²) in [6.45, 7) is 13.0. The molecule has 1 saturated heterocycles. The van der Waals surface area contributed by atoms with Crippen LogP contribution in [-0.4, -0.2) is 98.0 Å². The van der Waals surface area contributed by atoms with Crippen molar-refractivity contribution in [2.75, 3.05) is 59.5 Å². The second kappa shape index (κ2) is 11.9. The Kier molecular flexibility index (Phi) is 10.3. The van der Waals surface area contributed by atoms with Crippen LogP contribution in [0, 0.1) is 5.92 Å². The van der Waals surface area contributed by atoms with Gasteiger partial charge in [-0.3, -0.25) is 19.4 Å². The third-order valence-corrected chi connectivity index (χ3v) is 5.29. The topological polar surface area (TPSA) is 82.2 Å². The summed E-state index contributed by atoms with van der Waals surface area (Å²) in [6.07, 6.45) is 0.777. The van der Waals surface area contributed by atoms with Crippen LogP contribution in [0.5, 0.6) is 0 Å². The summed E-state index contributed by atoms with van der Waals surface area (Å²) in [5.74, 6) is -0.402. The molecule has 0 aromatic rings. The van der Waals surface area contributed by atoms with Gasteiger partial charge >= 0.3 is 5.97 Å². The van der Waals surface area contributed by atoms with Crippen LogP contribution >= 0.6 is 0 Å². The van der Waals surface area contributed by atoms with Crippen molar-refractivity contribution in [2.24, 2.45) is 5.92 Å². The molecule has 0 aromatic carbocycles. The van der Waals surface area contributed by atoms with Crippen molar-refractivity contribution in [1.29, 1.82) is 0 Å². The number of ether oxygens (including phenoxy) is 1. The fourth-order valence-corrected chi connectivity index (χ4v) is 3.19. The fourth-order valence-electron chi connectivity index (χ4n) is 3.19. The van der Waals surface area contributed by atoms with Crippen LogP contribution in [0.25, 0.3) is 0 Å². The van der Waals surface area contributed by atoms with Gasteiger partial charge in [-0.15, -0.1) is 0 Å². The quantitative estimate of drug-likeness (QED) is 0.541. The molecule has 0 aromatic heterocycles. The molecule has 1 N–H and O–H groups in total. The molecule has 2 atom stereocenters. The molecule has 156 valence electrons. The number of amides is 2. The highest BCUT2D eigenvalue weighted by molar-refractivity contribution is 5.85. The summed E-state index contributed by atoms with van der Waals surface area (Å²) < 4.78 is 4.81. The summed E-state index contributed by atoms with van der Waals surface area (Å²) in [7, 11) is 1.34. The molecule has 1 aliphatic heterocycles. The lowest BCUT2D eigenvalue weighted by Crippen LogP contribution is -2.54. The Morgan fingerprint density at radius 2 is 1.52 bits per heavy atom. The van der Waals surface area contributed by atoms with Crippen LogP contribution in [-0.2, 0) is 19.1 Å². The van der Waals surface area contributed by atoms with Crippen molar-refractivity contribution in [3.63, 3.8) is 0 Å². The van der Waals surface area contributed by atoms with E-state index in [9.17, 15) is 14.4 Å². The minimum atomic E-state index is -0.611. The molecule has 8 heteroatoms. The lowest BCUT2D eigenvalue weighted by Gasteiger charge is -2.35. The maximum Gasteiger partial charge on any atom is 0.328 e. The minimum absolute atomic E-state index is 0.0179. The molecule has 8 nitrogen and oxygen atoms in total. The molecule has 0 radical (unpaired) electrons. The van der Waals surface area contributed by atoms with Gasteiger partial charge in [0.1, 0.15) is 6.04 Å². The summed E-state index contributed by atoms with van der Waals surface area (Å²) in [4.78, 5) is 42.5. The van der Waals surface area contributed by atoms with Crippen molar-refractivity contribution < 1.29 is 19.1 Å². The largest absolute Gasteiger partial charge is 0.467 e. The van der Waals surface area contributed by atoms with Crippen molar-refractivity contribution >= 4 is 17.8 Å². The van der Waals surface area contributed by atoms with E-state index in [1.54, 1.807) is 0 Å². The molecular weight excluding hydrogens is 348 g/mol. The summed E-state index contributed by atoms with van der Waals surface area (Å²) >= 11 is 0. The molecule has 2 unspecified atom stereocenters. The third kappa shape index (κ3) is 7.46. The van der Waals surface area contributed by atoms with Crippen molar-refractivity contribution in [1.82, 2.24) is 20.0 Å². The van der Waals surface area contributed by atoms with E-state index in [1.807, 2.05) is 32.6 Å². The van der Waals surface area contributed by atoms with Crippen molar-refractivity contribution in [3.05, 3.63) is 0 Å². The molecule has 0 bridgehead atoms. The van der Waals surface area contributed by atoms with Crippen LogP contribution in [0.15, 0.2) is 0 Å². The number of methoxy groups -OCH3 is 1. The number of nitrogens with one attached hydrogen (secondary N) is 1. The van der Waals surface area contributed by atoms with Crippen molar-refractivity contribution in [2.45, 2.75) is 40.2 Å². The SMILES string of the molecule is CCC(C)C(NC(=O)CN1CCN(CC(=O)N(CC)CC)CC1)C(=O)OC. The van der Waals surface area contributed by atoms with E-state index in [-0.39, 0.29) is 24.3 Å². The lowest BCUT2D eigenvalue weighted by molar-refractivity contribution is -0.146. The Balaban J connectivity index is 2.43. The van der Waals surface area contributed by atoms with Gasteiger partial charge in [-0.1, -0.05) is 20.3 Å². The molecule has 27 heavy (non-hydrogen) atoms. The van der Waals surface area contributed by atoms with Crippen LogP contribution < -0.4 is 5.32 Å². The molecule has 0 saturated carbocycles. The zero-order valence-electron chi connectivity index (χ0n) is 17.5. The van der Waals surface area contributed by atoms with Gasteiger partial charge in [-0.05, 0) is 19.8 Å². The zero-order valence-corrected chi connectivity index (χ0v) is 17.5. The number of hydrogen-bond acceptors (Lipinski definition) is 6. The molecular formula is C19H36N4O4. The Morgan fingerprint density at radius 3 is 1.96 bits per heavy atom. The predicted octanol–water partition coefficient (Wildman–Crippen LogP) is 0.176. The van der Waals surface area contributed by atoms with Gasteiger partial charge in [-0.2, -0.15) is 0 Å². The molecule has 0 spiro atoms. The zero-order chi connectivity index (χ0) is 20.4. The Labute approximate surface area is 163 Å². The number of carbonyl (C=O) groups is 3. The van der Waals surface area contributed by atoms with Crippen molar-refractivity contribution in [3.8, 4) is 0 Å². The third-order valence-electron chi connectivity index (χ3n) is 5.29. The molecule has 1 aliphatic rings. The maximum absolute atomic E-state index is 12.4. The lowest BCUT2D eigenvalue weighted by atomic mass is 9.99. The fraction of sp³-hybridized carbons (Fsp3) is 0.842. The summed E-state index contributed by atoms with van der Waals surface area (Å²) in [6, 6.07) is -0.611. The van der Waals surface area contributed by atoms with Crippen LogP contribution in [0.1, 0.15) is 34.1 Å². The van der Waals surface area contributed by atoms with E-state index >= 15 is 0 Å². The average molecular weight is 385 g/mol. The molecule has 2 amide bonds. The number of likely N-dealkylation sites (N-methyl/N-ethyl adjacent to an activating group) is 1. The Morgan fingerprint density at radius 1 is 1.00 bits per heavy atom. The standard InChI is InChI=1S/C19H36N4O4/c1-6-15(4)18(19(26)27-5)20-16(24)13-21-9-11-22(12-10-21)14-17(25)23(7-2)8-3/h15,18H,6-14H2,1-5H3,(H,20,24). The second-order valence-electron chi connectivity index (χ2n) is 7.07. The molecule has 1 fully saturated rings. The second-order valence-corrected chi connectivity index (χ2v) is 7.07. The Hall–Kier alpha value is -1.67. The highest BCUT2D eigenvalue weighted by atomic mass is 16.5. The van der Waals surface area contributed by atoms with Gasteiger partial charge in [-0.25, -0.2) is 4.79 Å². The molecule has 0 aliphatic carbocycles. The molecule has 1 rings (SSSR count). The summed E-state index contributed by atoms with van der Waals surface area (Å²) in [5.41, 5.74) is 0. The summed E-state index contributed by atoms with van der Waals surface area (Å²) in [5, 5.41) is 2.81. The highest BCUT2D eigenvalue weighted by Crippen LogP contribution is 2.09. The van der Waals surface area contributed by atoms with E-state index in [1.165, 1.54) is 7.11 Å². The monoisotopic (exact) mass is 384 g/mol. The number of carbonyl (C=O) groups excluding carboxylic acids is 3. The van der Waals surface area contributed by atoms with Crippen LogP contribution in [0.3, 0.4) is 0 Å². The van der Waals surface area contributed by atoms with Gasteiger partial charge in [0.05, 0.1) is 20.2 Å². The first-order chi connectivity index (χ1) is 12.9. The average Bonchev–Trinajstić information content (AvgIpc) is 2.67. The van der Waals surface area contributed by atoms with E-state index < -0.39 is 12.0 Å². The van der Waals surface area contributed by atoms with E-state index in [2.05, 4.69) is 15.1 Å². The van der Waals surface area contributed by atoms with Gasteiger partial charge in [0.25, 0.3) is 0 Å². The first-order valence-electron chi connectivity index (χ1n) is 9.95. The number of esters is 1. The minimum Gasteiger partial charge on any atom is -0.467 e. The van der Waals surface area contributed by atoms with E-state index in [4.69, 9.17) is 4.74 Å². The maximum atomic E-state index is 12.4. The molecule has 1 heterocycles. The normalized spacial score (nSPS) is 17.8. The van der Waals surface area contributed by atoms with Crippen LogP contribution in [0.2, 0.25) is 0 Å². The highest BCUT2D eigenvalue weighted by Gasteiger charge is 2.28. The van der Waals surface area contributed by atoms with E-state index in [0.29, 0.717) is 6.54 Å². The van der Waals surface area contributed by atoms with E-state index in [0.717, 1.165) is 45.7 Å². The van der Waals surface area contributed by atoms with Gasteiger partial charge in [0.2, 0.25) is 11.8 Å². The first kappa shape index (κ1) is 23.4.